The molecule has 0 atom stereocenters. The van der Waals surface area contributed by atoms with Crippen LogP contribution in [0.25, 0.3) is 22.5 Å². The van der Waals surface area contributed by atoms with Crippen LogP contribution in [0.4, 0.5) is 0 Å². The van der Waals surface area contributed by atoms with Crippen molar-refractivity contribution in [1.29, 1.82) is 0 Å². The summed E-state index contributed by atoms with van der Waals surface area (Å²) < 4.78 is 5.39. The van der Waals surface area contributed by atoms with Gasteiger partial charge >= 0.3 is 0 Å². The van der Waals surface area contributed by atoms with Gasteiger partial charge in [-0.2, -0.15) is 5.10 Å². The third-order valence-corrected chi connectivity index (χ3v) is 4.31. The number of amides is 1. The number of carbonyl (C=O) groups excluding carboxylic acids is 1. The number of nitrogens with one attached hydrogen (secondary N) is 1. The normalized spacial score (nSPS) is 10.7. The molecule has 0 aliphatic rings. The largest absolute Gasteiger partial charge is 0.359 e. The second-order valence-electron chi connectivity index (χ2n) is 6.25. The number of H-pyrrole nitrogens is 1. The van der Waals surface area contributed by atoms with Gasteiger partial charge in [-0.15, -0.1) is 0 Å². The van der Waals surface area contributed by atoms with Gasteiger partial charge in [-0.1, -0.05) is 47.6 Å². The fraction of sp³-hybridized carbons (Fsp3) is 0.0952. The minimum Gasteiger partial charge on any atom is -0.359 e. The lowest BCUT2D eigenvalue weighted by atomic mass is 10.1. The second-order valence-corrected chi connectivity index (χ2v) is 6.25. The zero-order valence-corrected chi connectivity index (χ0v) is 14.8. The van der Waals surface area contributed by atoms with Crippen LogP contribution in [-0.4, -0.2) is 33.2 Å². The van der Waals surface area contributed by atoms with Crippen molar-refractivity contribution in [3.05, 3.63) is 84.3 Å². The standard InChI is InChI=1S/C21H18N4O2/c1-25(14-18-13-20(24-27-18)15-5-3-2-4-6-15)21(26)17-9-7-16(8-10-17)19-11-12-22-23-19/h2-13H,14H2,1H3,(H,22,23). The van der Waals surface area contributed by atoms with E-state index in [2.05, 4.69) is 15.4 Å². The summed E-state index contributed by atoms with van der Waals surface area (Å²) in [4.78, 5) is 14.3. The molecule has 6 nitrogen and oxygen atoms in total. The Labute approximate surface area is 156 Å². The predicted octanol–water partition coefficient (Wildman–Crippen LogP) is 4.00. The van der Waals surface area contributed by atoms with E-state index < -0.39 is 0 Å². The summed E-state index contributed by atoms with van der Waals surface area (Å²) in [6, 6.07) is 21.0. The van der Waals surface area contributed by atoms with Gasteiger partial charge in [-0.3, -0.25) is 9.89 Å². The lowest BCUT2D eigenvalue weighted by Crippen LogP contribution is -2.25. The fourth-order valence-corrected chi connectivity index (χ4v) is 2.87. The summed E-state index contributed by atoms with van der Waals surface area (Å²) in [6.45, 7) is 0.348. The van der Waals surface area contributed by atoms with Gasteiger partial charge < -0.3 is 9.42 Å². The quantitative estimate of drug-likeness (QED) is 0.585. The molecule has 1 N–H and O–H groups in total. The van der Waals surface area contributed by atoms with Gasteiger partial charge in [0.25, 0.3) is 5.91 Å². The van der Waals surface area contributed by atoms with Gasteiger partial charge in [0, 0.05) is 30.4 Å². The summed E-state index contributed by atoms with van der Waals surface area (Å²) in [5.74, 6) is 0.558. The molecule has 4 rings (SSSR count). The van der Waals surface area contributed by atoms with Gasteiger partial charge in [0.05, 0.1) is 12.2 Å². The van der Waals surface area contributed by atoms with Gasteiger partial charge in [-0.05, 0) is 23.8 Å². The number of nitrogens with zero attached hydrogens (tertiary/aromatic N) is 3. The van der Waals surface area contributed by atoms with E-state index in [0.717, 1.165) is 22.5 Å². The summed E-state index contributed by atoms with van der Waals surface area (Å²) in [5.41, 5.74) is 4.25. The van der Waals surface area contributed by atoms with Crippen molar-refractivity contribution in [2.24, 2.45) is 0 Å². The zero-order chi connectivity index (χ0) is 18.6. The second kappa shape index (κ2) is 7.29. The molecular formula is C21H18N4O2. The maximum Gasteiger partial charge on any atom is 0.254 e. The van der Waals surface area contributed by atoms with Crippen molar-refractivity contribution in [2.75, 3.05) is 7.05 Å². The molecule has 0 unspecified atom stereocenters. The van der Waals surface area contributed by atoms with Crippen molar-refractivity contribution < 1.29 is 9.32 Å². The number of aromatic amines is 1. The van der Waals surface area contributed by atoms with Crippen molar-refractivity contribution in [1.82, 2.24) is 20.3 Å². The average Bonchev–Trinajstić information content (AvgIpc) is 3.40. The molecular weight excluding hydrogens is 340 g/mol. The Hall–Kier alpha value is -3.67. The Morgan fingerprint density at radius 2 is 1.81 bits per heavy atom. The Kier molecular flexibility index (Phi) is 4.53. The third kappa shape index (κ3) is 3.64. The first-order valence-corrected chi connectivity index (χ1v) is 8.57. The molecule has 0 fully saturated rings. The Balaban J connectivity index is 1.44. The number of benzene rings is 2. The van der Waals surface area contributed by atoms with Crippen molar-refractivity contribution in [3.8, 4) is 22.5 Å². The highest BCUT2D eigenvalue weighted by Gasteiger charge is 2.15. The van der Waals surface area contributed by atoms with E-state index in [1.54, 1.807) is 18.1 Å². The maximum atomic E-state index is 12.7. The number of hydrogen-bond acceptors (Lipinski definition) is 4. The minimum absolute atomic E-state index is 0.0798. The number of aromatic nitrogens is 3. The molecule has 0 bridgehead atoms. The molecule has 0 aliphatic carbocycles. The van der Waals surface area contributed by atoms with E-state index in [0.29, 0.717) is 17.9 Å². The molecule has 134 valence electrons. The molecule has 0 saturated heterocycles. The lowest BCUT2D eigenvalue weighted by Gasteiger charge is -2.15. The fourth-order valence-electron chi connectivity index (χ4n) is 2.87. The van der Waals surface area contributed by atoms with Crippen LogP contribution in [0.3, 0.4) is 0 Å². The molecule has 0 radical (unpaired) electrons. The molecule has 0 saturated carbocycles. The SMILES string of the molecule is CN(Cc1cc(-c2ccccc2)no1)C(=O)c1ccc(-c2ccn[nH]2)cc1. The topological polar surface area (TPSA) is 75.0 Å². The minimum atomic E-state index is -0.0798. The molecule has 6 heteroatoms. The van der Waals surface area contributed by atoms with Crippen LogP contribution in [0.15, 0.2) is 77.4 Å². The van der Waals surface area contributed by atoms with Gasteiger partial charge in [0.15, 0.2) is 5.76 Å². The Bertz CT molecular complexity index is 1020. The highest BCUT2D eigenvalue weighted by molar-refractivity contribution is 5.94. The van der Waals surface area contributed by atoms with Gasteiger partial charge in [-0.25, -0.2) is 0 Å². The maximum absolute atomic E-state index is 12.7. The van der Waals surface area contributed by atoms with Crippen molar-refractivity contribution in [3.63, 3.8) is 0 Å². The summed E-state index contributed by atoms with van der Waals surface area (Å²) in [7, 11) is 1.75. The van der Waals surface area contributed by atoms with Crippen LogP contribution in [0.5, 0.6) is 0 Å². The molecule has 2 heterocycles. The van der Waals surface area contributed by atoms with Crippen molar-refractivity contribution >= 4 is 5.91 Å². The van der Waals surface area contributed by atoms with Crippen LogP contribution in [0.2, 0.25) is 0 Å². The molecule has 0 spiro atoms. The van der Waals surface area contributed by atoms with E-state index in [1.165, 1.54) is 0 Å². The van der Waals surface area contributed by atoms with Crippen molar-refractivity contribution in [2.45, 2.75) is 6.54 Å². The van der Waals surface area contributed by atoms with Crippen LogP contribution in [-0.2, 0) is 6.54 Å². The Morgan fingerprint density at radius 3 is 2.52 bits per heavy atom. The van der Waals surface area contributed by atoms with Crippen LogP contribution < -0.4 is 0 Å². The Morgan fingerprint density at radius 1 is 1.04 bits per heavy atom. The third-order valence-electron chi connectivity index (χ3n) is 4.31. The summed E-state index contributed by atoms with van der Waals surface area (Å²) in [5, 5.41) is 10.9. The lowest BCUT2D eigenvalue weighted by molar-refractivity contribution is 0.0772. The molecule has 2 aromatic heterocycles. The van der Waals surface area contributed by atoms with Crippen LogP contribution in [0, 0.1) is 0 Å². The molecule has 2 aromatic carbocycles. The molecule has 4 aromatic rings. The van der Waals surface area contributed by atoms with Crippen LogP contribution in [0.1, 0.15) is 16.1 Å². The van der Waals surface area contributed by atoms with Gasteiger partial charge in [0.2, 0.25) is 0 Å². The summed E-state index contributed by atoms with van der Waals surface area (Å²) >= 11 is 0. The predicted molar refractivity (Wildman–Crippen MR) is 102 cm³/mol. The molecule has 1 amide bonds. The van der Waals surface area contributed by atoms with E-state index in [4.69, 9.17) is 4.52 Å². The van der Waals surface area contributed by atoms with Crippen LogP contribution >= 0.6 is 0 Å². The summed E-state index contributed by atoms with van der Waals surface area (Å²) in [6.07, 6.45) is 1.70. The zero-order valence-electron chi connectivity index (χ0n) is 14.8. The highest BCUT2D eigenvalue weighted by Crippen LogP contribution is 2.20. The first kappa shape index (κ1) is 16.8. The smallest absolute Gasteiger partial charge is 0.254 e. The number of hydrogen-bond donors (Lipinski definition) is 1. The van der Waals surface area contributed by atoms with E-state index in [1.807, 2.05) is 66.7 Å². The van der Waals surface area contributed by atoms with E-state index in [-0.39, 0.29) is 5.91 Å². The first-order chi connectivity index (χ1) is 13.2. The molecule has 27 heavy (non-hydrogen) atoms. The average molecular weight is 358 g/mol. The van der Waals surface area contributed by atoms with Gasteiger partial charge in [0.1, 0.15) is 5.69 Å². The number of carbonyl (C=O) groups is 1. The molecule has 0 aliphatic heterocycles. The van der Waals surface area contributed by atoms with E-state index in [9.17, 15) is 4.79 Å². The highest BCUT2D eigenvalue weighted by atomic mass is 16.5. The van der Waals surface area contributed by atoms with E-state index >= 15 is 0 Å². The number of rotatable bonds is 5. The first-order valence-electron chi connectivity index (χ1n) is 8.57. The monoisotopic (exact) mass is 358 g/mol.